The Morgan fingerprint density at radius 3 is 3.23 bits per heavy atom. The molecule has 0 aromatic carbocycles. The summed E-state index contributed by atoms with van der Waals surface area (Å²) in [6, 6.07) is 2.44. The summed E-state index contributed by atoms with van der Waals surface area (Å²) in [5, 5.41) is 20.6. The van der Waals surface area contributed by atoms with Crippen molar-refractivity contribution < 1.29 is 19.6 Å². The van der Waals surface area contributed by atoms with E-state index in [4.69, 9.17) is 5.11 Å². The Bertz CT molecular complexity index is 366. The number of hydrogen-bond donors (Lipinski definition) is 1. The molecular weight excluding hydrogens is 190 g/mol. The first-order valence-electron chi connectivity index (χ1n) is 3.77. The number of nitrogens with zero attached hydrogens (tertiary/aromatic N) is 1. The molecule has 1 aromatic rings. The second-order valence-electron chi connectivity index (χ2n) is 2.75. The Balaban J connectivity index is 2.49. The minimum absolute atomic E-state index is 0.101. The third-order valence-electron chi connectivity index (χ3n) is 1.94. The Morgan fingerprint density at radius 2 is 2.54 bits per heavy atom. The Hall–Kier alpha value is -1.23. The molecule has 1 atom stereocenters. The topological polar surface area (TPSA) is 64.2 Å². The van der Waals surface area contributed by atoms with Crippen LogP contribution in [0.25, 0.3) is 0 Å². The monoisotopic (exact) mass is 197 g/mol. The second-order valence-corrected chi connectivity index (χ2v) is 3.76. The van der Waals surface area contributed by atoms with Crippen molar-refractivity contribution in [2.24, 2.45) is 0 Å². The van der Waals surface area contributed by atoms with Gasteiger partial charge in [-0.15, -0.1) is 0 Å². The van der Waals surface area contributed by atoms with Gasteiger partial charge in [-0.05, 0) is 5.75 Å². The fraction of sp³-hybridized carbons (Fsp3) is 0.250. The van der Waals surface area contributed by atoms with E-state index < -0.39 is 12.0 Å². The molecule has 2 rings (SSSR count). The zero-order valence-corrected chi connectivity index (χ0v) is 7.45. The van der Waals surface area contributed by atoms with Crippen LogP contribution in [0, 0.1) is 0 Å². The molecule has 0 aliphatic carbocycles. The molecule has 1 aliphatic heterocycles. The standard InChI is InChI=1S/C8H7NO3S/c10-6-2-1-3-9-5(8(11)12)4-13-7(6)9/h1-3,5H,4H2,(H-,10,11,12). The number of pyridine rings is 1. The summed E-state index contributed by atoms with van der Waals surface area (Å²) >= 11 is 1.30. The molecule has 0 radical (unpaired) electrons. The van der Waals surface area contributed by atoms with Crippen LogP contribution < -0.4 is 9.67 Å². The predicted octanol–water partition coefficient (Wildman–Crippen LogP) is -0.221. The number of aromatic nitrogens is 1. The minimum atomic E-state index is -0.887. The maximum atomic E-state index is 11.2. The molecule has 5 heteroatoms. The highest BCUT2D eigenvalue weighted by Crippen LogP contribution is 2.30. The van der Waals surface area contributed by atoms with E-state index in [1.165, 1.54) is 22.4 Å². The lowest BCUT2D eigenvalue weighted by Gasteiger charge is -2.05. The van der Waals surface area contributed by atoms with E-state index in [1.54, 1.807) is 12.3 Å². The van der Waals surface area contributed by atoms with Gasteiger partial charge in [-0.2, -0.15) is 4.57 Å². The summed E-state index contributed by atoms with van der Waals surface area (Å²) in [6.45, 7) is 0. The Labute approximate surface area is 78.8 Å². The number of carboxylic acids is 1. The van der Waals surface area contributed by atoms with Gasteiger partial charge < -0.3 is 10.2 Å². The first-order chi connectivity index (χ1) is 6.20. The largest absolute Gasteiger partial charge is 0.868 e. The molecule has 68 valence electrons. The van der Waals surface area contributed by atoms with E-state index in [0.717, 1.165) is 0 Å². The van der Waals surface area contributed by atoms with Gasteiger partial charge in [0.15, 0.2) is 6.20 Å². The molecular formula is C8H7NO3S. The highest BCUT2D eigenvalue weighted by Gasteiger charge is 2.36. The van der Waals surface area contributed by atoms with E-state index in [-0.39, 0.29) is 5.75 Å². The Kier molecular flexibility index (Phi) is 1.88. The molecule has 1 N–H and O–H groups in total. The van der Waals surface area contributed by atoms with Gasteiger partial charge in [0, 0.05) is 6.07 Å². The van der Waals surface area contributed by atoms with Gasteiger partial charge in [0.25, 0.3) is 6.04 Å². The van der Waals surface area contributed by atoms with Gasteiger partial charge in [0.2, 0.25) is 5.03 Å². The number of hydrogen-bond acceptors (Lipinski definition) is 3. The van der Waals surface area contributed by atoms with Crippen molar-refractivity contribution in [3.05, 3.63) is 18.3 Å². The third-order valence-corrected chi connectivity index (χ3v) is 3.11. The lowest BCUT2D eigenvalue weighted by Crippen LogP contribution is -2.42. The number of carboxylic acid groups (broad SMARTS) is 1. The molecule has 0 saturated heterocycles. The first kappa shape index (κ1) is 8.37. The summed E-state index contributed by atoms with van der Waals surface area (Å²) in [7, 11) is 0. The van der Waals surface area contributed by atoms with Crippen molar-refractivity contribution in [1.82, 2.24) is 0 Å². The summed E-state index contributed by atoms with van der Waals surface area (Å²) in [5.41, 5.74) is 0. The van der Waals surface area contributed by atoms with Gasteiger partial charge in [0.05, 0.1) is 5.75 Å². The molecule has 1 aliphatic rings. The van der Waals surface area contributed by atoms with Crippen molar-refractivity contribution >= 4 is 17.7 Å². The van der Waals surface area contributed by atoms with Crippen LogP contribution in [-0.2, 0) is 4.79 Å². The van der Waals surface area contributed by atoms with Gasteiger partial charge >= 0.3 is 5.97 Å². The Morgan fingerprint density at radius 1 is 1.77 bits per heavy atom. The zero-order chi connectivity index (χ0) is 9.42. The summed E-state index contributed by atoms with van der Waals surface area (Å²) in [6.07, 6.45) is 1.63. The third kappa shape index (κ3) is 1.25. The van der Waals surface area contributed by atoms with Gasteiger partial charge in [-0.3, -0.25) is 0 Å². The van der Waals surface area contributed by atoms with Gasteiger partial charge in [0.1, 0.15) is 0 Å². The maximum absolute atomic E-state index is 11.2. The van der Waals surface area contributed by atoms with Crippen molar-refractivity contribution in [3.63, 3.8) is 0 Å². The highest BCUT2D eigenvalue weighted by molar-refractivity contribution is 7.99. The molecule has 0 fully saturated rings. The van der Waals surface area contributed by atoms with Crippen LogP contribution in [0.15, 0.2) is 23.4 Å². The second kappa shape index (κ2) is 2.92. The van der Waals surface area contributed by atoms with Crippen LogP contribution in [-0.4, -0.2) is 16.8 Å². The quantitative estimate of drug-likeness (QED) is 0.632. The summed E-state index contributed by atoms with van der Waals surface area (Å²) in [5.74, 6) is -0.549. The fourth-order valence-corrected chi connectivity index (χ4v) is 2.48. The molecule has 0 saturated carbocycles. The van der Waals surface area contributed by atoms with Gasteiger partial charge in [-0.1, -0.05) is 17.8 Å². The number of fused-ring (bicyclic) bond motifs is 1. The normalized spacial score (nSPS) is 19.8. The molecule has 0 bridgehead atoms. The lowest BCUT2D eigenvalue weighted by molar-refractivity contribution is -0.738. The van der Waals surface area contributed by atoms with Crippen LogP contribution in [0.5, 0.6) is 5.75 Å². The lowest BCUT2D eigenvalue weighted by atomic mass is 10.3. The van der Waals surface area contributed by atoms with E-state index in [2.05, 4.69) is 0 Å². The summed E-state index contributed by atoms with van der Waals surface area (Å²) in [4.78, 5) is 10.7. The predicted molar refractivity (Wildman–Crippen MR) is 43.5 cm³/mol. The van der Waals surface area contributed by atoms with Crippen molar-refractivity contribution in [2.75, 3.05) is 5.75 Å². The molecule has 0 spiro atoms. The van der Waals surface area contributed by atoms with Crippen LogP contribution in [0.1, 0.15) is 6.04 Å². The molecule has 0 amide bonds. The summed E-state index contributed by atoms with van der Waals surface area (Å²) < 4.78 is 1.52. The highest BCUT2D eigenvalue weighted by atomic mass is 32.2. The van der Waals surface area contributed by atoms with Crippen LogP contribution >= 0.6 is 11.8 Å². The molecule has 4 nitrogen and oxygen atoms in total. The van der Waals surface area contributed by atoms with E-state index in [1.807, 2.05) is 0 Å². The van der Waals surface area contributed by atoms with E-state index in [9.17, 15) is 9.90 Å². The van der Waals surface area contributed by atoms with Crippen LogP contribution in [0.2, 0.25) is 0 Å². The average Bonchev–Trinajstić information content (AvgIpc) is 2.48. The van der Waals surface area contributed by atoms with E-state index in [0.29, 0.717) is 10.8 Å². The maximum Gasteiger partial charge on any atom is 0.374 e. The number of thioether (sulfide) groups is 1. The van der Waals surface area contributed by atoms with Crippen molar-refractivity contribution in [1.29, 1.82) is 0 Å². The fourth-order valence-electron chi connectivity index (χ4n) is 1.31. The number of rotatable bonds is 1. The van der Waals surface area contributed by atoms with Gasteiger partial charge in [-0.25, -0.2) is 4.79 Å². The van der Waals surface area contributed by atoms with Crippen LogP contribution in [0.3, 0.4) is 0 Å². The average molecular weight is 197 g/mol. The molecule has 1 aromatic heterocycles. The smallest absolute Gasteiger partial charge is 0.374 e. The minimum Gasteiger partial charge on any atom is -0.868 e. The molecule has 2 heterocycles. The van der Waals surface area contributed by atoms with Crippen molar-refractivity contribution in [3.8, 4) is 5.75 Å². The first-order valence-corrected chi connectivity index (χ1v) is 4.75. The molecule has 13 heavy (non-hydrogen) atoms. The van der Waals surface area contributed by atoms with Crippen molar-refractivity contribution in [2.45, 2.75) is 11.1 Å². The van der Waals surface area contributed by atoms with E-state index >= 15 is 0 Å². The molecule has 1 unspecified atom stereocenters. The number of carbonyl (C=O) groups is 1. The van der Waals surface area contributed by atoms with Crippen LogP contribution in [0.4, 0.5) is 0 Å². The number of aliphatic carboxylic acids is 1. The zero-order valence-electron chi connectivity index (χ0n) is 6.64. The SMILES string of the molecule is O=C(O)C1CSc2c([O-])ccc[n+]21.